The van der Waals surface area contributed by atoms with Gasteiger partial charge in [0.05, 0.1) is 12.6 Å². The van der Waals surface area contributed by atoms with Gasteiger partial charge in [0.25, 0.3) is 0 Å². The molecule has 140 valence electrons. The van der Waals surface area contributed by atoms with Gasteiger partial charge in [-0.15, -0.1) is 0 Å². The van der Waals surface area contributed by atoms with E-state index in [4.69, 9.17) is 4.99 Å². The maximum absolute atomic E-state index is 10.4. The molecule has 2 aliphatic rings. The predicted octanol–water partition coefficient (Wildman–Crippen LogP) is 2.31. The molecule has 0 radical (unpaired) electrons. The first-order valence-corrected chi connectivity index (χ1v) is 9.99. The van der Waals surface area contributed by atoms with E-state index in [9.17, 15) is 5.11 Å². The smallest absolute Gasteiger partial charge is 0.193 e. The van der Waals surface area contributed by atoms with Gasteiger partial charge in [-0.1, -0.05) is 33.6 Å². The van der Waals surface area contributed by atoms with Gasteiger partial charge in [0.15, 0.2) is 5.96 Å². The summed E-state index contributed by atoms with van der Waals surface area (Å²) in [5.41, 5.74) is -0.0586. The van der Waals surface area contributed by atoms with Crippen LogP contribution in [-0.2, 0) is 0 Å². The third-order valence-electron chi connectivity index (χ3n) is 6.00. The van der Waals surface area contributed by atoms with Gasteiger partial charge >= 0.3 is 0 Å². The number of likely N-dealkylation sites (tertiary alicyclic amines) is 1. The Hall–Kier alpha value is -0.810. The van der Waals surface area contributed by atoms with E-state index in [-0.39, 0.29) is 11.5 Å². The molecule has 1 saturated heterocycles. The van der Waals surface area contributed by atoms with Crippen LogP contribution in [0.2, 0.25) is 0 Å². The SMILES string of the molecule is CCNC(=NCC1(C)CCCCC1O)N1CCC(N(CC)CC)C1. The maximum Gasteiger partial charge on any atom is 0.193 e. The van der Waals surface area contributed by atoms with Gasteiger partial charge in [-0.25, -0.2) is 0 Å². The van der Waals surface area contributed by atoms with Crippen molar-refractivity contribution in [1.82, 2.24) is 15.1 Å². The molecule has 0 spiro atoms. The molecule has 0 amide bonds. The van der Waals surface area contributed by atoms with Gasteiger partial charge in [0, 0.05) is 31.1 Å². The molecule has 5 nitrogen and oxygen atoms in total. The van der Waals surface area contributed by atoms with E-state index in [1.54, 1.807) is 0 Å². The lowest BCUT2D eigenvalue weighted by atomic mass is 9.73. The van der Waals surface area contributed by atoms with Crippen LogP contribution in [0.5, 0.6) is 0 Å². The van der Waals surface area contributed by atoms with Crippen molar-refractivity contribution in [3.63, 3.8) is 0 Å². The van der Waals surface area contributed by atoms with Crippen LogP contribution in [0.15, 0.2) is 4.99 Å². The molecule has 0 aromatic rings. The normalized spacial score (nSPS) is 31.8. The van der Waals surface area contributed by atoms with Crippen molar-refractivity contribution in [2.75, 3.05) is 39.3 Å². The van der Waals surface area contributed by atoms with Crippen LogP contribution in [0.1, 0.15) is 59.8 Å². The van der Waals surface area contributed by atoms with Gasteiger partial charge in [-0.2, -0.15) is 0 Å². The molecule has 0 aromatic heterocycles. The highest BCUT2D eigenvalue weighted by molar-refractivity contribution is 5.80. The zero-order valence-corrected chi connectivity index (χ0v) is 16.2. The Labute approximate surface area is 148 Å². The van der Waals surface area contributed by atoms with Crippen molar-refractivity contribution in [1.29, 1.82) is 0 Å². The van der Waals surface area contributed by atoms with Crippen molar-refractivity contribution in [3.8, 4) is 0 Å². The number of hydrogen-bond donors (Lipinski definition) is 2. The number of rotatable bonds is 6. The molecule has 1 aliphatic heterocycles. The molecule has 2 fully saturated rings. The van der Waals surface area contributed by atoms with Crippen LogP contribution in [0.25, 0.3) is 0 Å². The molecule has 1 saturated carbocycles. The maximum atomic E-state index is 10.4. The number of hydrogen-bond acceptors (Lipinski definition) is 3. The minimum absolute atomic E-state index is 0.0586. The topological polar surface area (TPSA) is 51.1 Å². The quantitative estimate of drug-likeness (QED) is 0.576. The van der Waals surface area contributed by atoms with E-state index < -0.39 is 0 Å². The molecule has 24 heavy (non-hydrogen) atoms. The van der Waals surface area contributed by atoms with E-state index >= 15 is 0 Å². The van der Waals surface area contributed by atoms with Gasteiger partial charge in [-0.3, -0.25) is 9.89 Å². The average molecular weight is 339 g/mol. The Balaban J connectivity index is 2.01. The molecule has 1 heterocycles. The van der Waals surface area contributed by atoms with Crippen molar-refractivity contribution in [2.45, 2.75) is 71.9 Å². The van der Waals surface area contributed by atoms with E-state index in [1.807, 2.05) is 0 Å². The first-order valence-electron chi connectivity index (χ1n) is 9.99. The Morgan fingerprint density at radius 2 is 2.00 bits per heavy atom. The summed E-state index contributed by atoms with van der Waals surface area (Å²) >= 11 is 0. The van der Waals surface area contributed by atoms with Crippen molar-refractivity contribution >= 4 is 5.96 Å². The fraction of sp³-hybridized carbons (Fsp3) is 0.947. The van der Waals surface area contributed by atoms with Crippen LogP contribution < -0.4 is 5.32 Å². The highest BCUT2D eigenvalue weighted by Gasteiger charge is 2.36. The summed E-state index contributed by atoms with van der Waals surface area (Å²) in [6.45, 7) is 14.8. The Kier molecular flexibility index (Phi) is 7.35. The number of likely N-dealkylation sites (N-methyl/N-ethyl adjacent to an activating group) is 1. The van der Waals surface area contributed by atoms with E-state index in [0.29, 0.717) is 6.04 Å². The number of aliphatic hydroxyl groups excluding tert-OH is 1. The lowest BCUT2D eigenvalue weighted by molar-refractivity contribution is 0.00705. The average Bonchev–Trinajstić information content (AvgIpc) is 3.05. The largest absolute Gasteiger partial charge is 0.392 e. The van der Waals surface area contributed by atoms with Gasteiger partial charge in [-0.05, 0) is 39.3 Å². The summed E-state index contributed by atoms with van der Waals surface area (Å²) in [6.07, 6.45) is 5.38. The third kappa shape index (κ3) is 4.63. The molecule has 0 bridgehead atoms. The number of aliphatic hydroxyl groups is 1. The summed E-state index contributed by atoms with van der Waals surface area (Å²) in [7, 11) is 0. The van der Waals surface area contributed by atoms with E-state index in [2.05, 4.69) is 42.8 Å². The lowest BCUT2D eigenvalue weighted by Gasteiger charge is -2.37. The number of aliphatic imine (C=N–C) groups is 1. The molecule has 1 aliphatic carbocycles. The first-order chi connectivity index (χ1) is 11.5. The van der Waals surface area contributed by atoms with Crippen LogP contribution >= 0.6 is 0 Å². The second-order valence-electron chi connectivity index (χ2n) is 7.70. The standard InChI is InChI=1S/C19H38N4O/c1-5-20-18(21-15-19(4)12-9-8-10-17(19)24)23-13-11-16(14-23)22(6-2)7-3/h16-17,24H,5-15H2,1-4H3,(H,20,21). The molecule has 2 rings (SSSR count). The van der Waals surface area contributed by atoms with Crippen molar-refractivity contribution < 1.29 is 5.11 Å². The predicted molar refractivity (Wildman–Crippen MR) is 101 cm³/mol. The zero-order chi connectivity index (χ0) is 17.6. The Morgan fingerprint density at radius 3 is 2.62 bits per heavy atom. The van der Waals surface area contributed by atoms with Crippen LogP contribution in [-0.4, -0.2) is 72.3 Å². The molecule has 5 heteroatoms. The fourth-order valence-electron chi connectivity index (χ4n) is 4.22. The third-order valence-corrected chi connectivity index (χ3v) is 6.00. The molecule has 0 aromatic carbocycles. The second kappa shape index (κ2) is 9.04. The highest BCUT2D eigenvalue weighted by atomic mass is 16.3. The number of guanidine groups is 1. The van der Waals surface area contributed by atoms with E-state index in [0.717, 1.165) is 64.5 Å². The van der Waals surface area contributed by atoms with Gasteiger partial charge in [0.1, 0.15) is 0 Å². The molecule has 2 N–H and O–H groups in total. The first kappa shape index (κ1) is 19.5. The minimum atomic E-state index is -0.208. The lowest BCUT2D eigenvalue weighted by Crippen LogP contribution is -2.44. The fourth-order valence-corrected chi connectivity index (χ4v) is 4.22. The van der Waals surface area contributed by atoms with Crippen LogP contribution in [0, 0.1) is 5.41 Å². The van der Waals surface area contributed by atoms with Gasteiger partial charge in [0.2, 0.25) is 0 Å². The highest BCUT2D eigenvalue weighted by Crippen LogP contribution is 2.36. The Morgan fingerprint density at radius 1 is 1.25 bits per heavy atom. The molecule has 3 atom stereocenters. The molecular formula is C19H38N4O. The Bertz CT molecular complexity index is 410. The monoisotopic (exact) mass is 338 g/mol. The van der Waals surface area contributed by atoms with Gasteiger partial charge < -0.3 is 15.3 Å². The zero-order valence-electron chi connectivity index (χ0n) is 16.2. The number of nitrogens with one attached hydrogen (secondary N) is 1. The van der Waals surface area contributed by atoms with Crippen molar-refractivity contribution in [2.24, 2.45) is 10.4 Å². The summed E-state index contributed by atoms with van der Waals surface area (Å²) < 4.78 is 0. The summed E-state index contributed by atoms with van der Waals surface area (Å²) in [4.78, 5) is 9.90. The summed E-state index contributed by atoms with van der Waals surface area (Å²) in [5, 5.41) is 13.9. The molecular weight excluding hydrogens is 300 g/mol. The number of nitrogens with zero attached hydrogens (tertiary/aromatic N) is 3. The van der Waals surface area contributed by atoms with Crippen LogP contribution in [0.4, 0.5) is 0 Å². The van der Waals surface area contributed by atoms with Crippen molar-refractivity contribution in [3.05, 3.63) is 0 Å². The summed E-state index contributed by atoms with van der Waals surface area (Å²) in [6, 6.07) is 0.639. The molecule has 3 unspecified atom stereocenters. The van der Waals surface area contributed by atoms with E-state index in [1.165, 1.54) is 12.8 Å². The van der Waals surface area contributed by atoms with Crippen LogP contribution in [0.3, 0.4) is 0 Å². The second-order valence-corrected chi connectivity index (χ2v) is 7.70. The summed E-state index contributed by atoms with van der Waals surface area (Å²) in [5.74, 6) is 1.03. The minimum Gasteiger partial charge on any atom is -0.392 e.